The third kappa shape index (κ3) is 4.17. The van der Waals surface area contributed by atoms with Gasteiger partial charge in [-0.25, -0.2) is 0 Å². The van der Waals surface area contributed by atoms with Gasteiger partial charge < -0.3 is 18.9 Å². The van der Waals surface area contributed by atoms with Crippen LogP contribution in [0.15, 0.2) is 42.5 Å². The van der Waals surface area contributed by atoms with E-state index < -0.39 is 0 Å². The average molecular weight is 354 g/mol. The number of allylic oxidation sites excluding steroid dienone is 1. The summed E-state index contributed by atoms with van der Waals surface area (Å²) in [6, 6.07) is 10.7. The van der Waals surface area contributed by atoms with E-state index >= 15 is 0 Å². The van der Waals surface area contributed by atoms with Gasteiger partial charge in [0.05, 0.1) is 13.7 Å². The number of ether oxygens (including phenoxy) is 4. The molecule has 0 aromatic heterocycles. The molecule has 1 aliphatic rings. The van der Waals surface area contributed by atoms with Crippen LogP contribution in [-0.4, -0.2) is 26.3 Å². The molecule has 5 heteroatoms. The molecule has 2 aromatic carbocycles. The molecule has 0 saturated carbocycles. The van der Waals surface area contributed by atoms with Crippen LogP contribution in [0.1, 0.15) is 29.8 Å². The highest BCUT2D eigenvalue weighted by atomic mass is 16.7. The van der Waals surface area contributed by atoms with E-state index in [1.54, 1.807) is 31.4 Å². The van der Waals surface area contributed by atoms with Crippen LogP contribution in [0, 0.1) is 5.92 Å². The molecule has 0 fully saturated rings. The smallest absolute Gasteiger partial charge is 0.231 e. The average Bonchev–Trinajstić information content (AvgIpc) is 3.12. The normalized spacial score (nSPS) is 12.6. The number of carbonyl (C=O) groups excluding carboxylic acids is 1. The van der Waals surface area contributed by atoms with Crippen molar-refractivity contribution in [2.75, 3.05) is 20.5 Å². The van der Waals surface area contributed by atoms with Crippen molar-refractivity contribution in [1.82, 2.24) is 0 Å². The molecule has 0 saturated heterocycles. The minimum Gasteiger partial charge on any atom is -0.493 e. The second-order valence-corrected chi connectivity index (χ2v) is 6.38. The van der Waals surface area contributed by atoms with Gasteiger partial charge in [-0.15, -0.1) is 0 Å². The lowest BCUT2D eigenvalue weighted by Crippen LogP contribution is -2.05. The molecule has 3 rings (SSSR count). The number of fused-ring (bicyclic) bond motifs is 1. The van der Waals surface area contributed by atoms with Crippen molar-refractivity contribution in [1.29, 1.82) is 0 Å². The summed E-state index contributed by atoms with van der Waals surface area (Å²) in [4.78, 5) is 12.4. The third-order valence-electron chi connectivity index (χ3n) is 3.84. The zero-order chi connectivity index (χ0) is 18.5. The number of ketones is 1. The monoisotopic (exact) mass is 354 g/mol. The van der Waals surface area contributed by atoms with Crippen molar-refractivity contribution in [2.45, 2.75) is 13.8 Å². The molecule has 0 radical (unpaired) electrons. The molecule has 0 unspecified atom stereocenters. The molecule has 5 nitrogen and oxygen atoms in total. The van der Waals surface area contributed by atoms with Crippen molar-refractivity contribution in [3.63, 3.8) is 0 Å². The zero-order valence-corrected chi connectivity index (χ0v) is 15.2. The highest BCUT2D eigenvalue weighted by molar-refractivity contribution is 6.07. The summed E-state index contributed by atoms with van der Waals surface area (Å²) in [5, 5.41) is 0. The molecule has 1 heterocycles. The van der Waals surface area contributed by atoms with Crippen LogP contribution >= 0.6 is 0 Å². The molecule has 136 valence electrons. The van der Waals surface area contributed by atoms with Crippen LogP contribution in [0.25, 0.3) is 6.08 Å². The first-order valence-electron chi connectivity index (χ1n) is 8.49. The minimum atomic E-state index is -0.108. The summed E-state index contributed by atoms with van der Waals surface area (Å²) in [6.45, 7) is 4.95. The second-order valence-electron chi connectivity index (χ2n) is 6.38. The van der Waals surface area contributed by atoms with E-state index in [0.717, 1.165) is 5.56 Å². The van der Waals surface area contributed by atoms with Crippen LogP contribution in [-0.2, 0) is 0 Å². The molecule has 1 aliphatic heterocycles. The second kappa shape index (κ2) is 7.95. The van der Waals surface area contributed by atoms with Gasteiger partial charge in [0, 0.05) is 5.56 Å². The maximum absolute atomic E-state index is 12.4. The Hall–Kier alpha value is -2.95. The maximum Gasteiger partial charge on any atom is 0.231 e. The van der Waals surface area contributed by atoms with Crippen molar-refractivity contribution < 1.29 is 23.7 Å². The maximum atomic E-state index is 12.4. The summed E-state index contributed by atoms with van der Waals surface area (Å²) >= 11 is 0. The summed E-state index contributed by atoms with van der Waals surface area (Å²) in [6.07, 6.45) is 3.29. The van der Waals surface area contributed by atoms with E-state index in [1.165, 1.54) is 6.08 Å². The highest BCUT2D eigenvalue weighted by Gasteiger charge is 2.15. The molecular weight excluding hydrogens is 332 g/mol. The summed E-state index contributed by atoms with van der Waals surface area (Å²) in [5.74, 6) is 2.89. The first kappa shape index (κ1) is 17.9. The van der Waals surface area contributed by atoms with Crippen LogP contribution in [0.3, 0.4) is 0 Å². The van der Waals surface area contributed by atoms with Gasteiger partial charge in [0.15, 0.2) is 28.8 Å². The number of hydrogen-bond donors (Lipinski definition) is 0. The third-order valence-corrected chi connectivity index (χ3v) is 3.84. The van der Waals surface area contributed by atoms with Crippen molar-refractivity contribution in [3.05, 3.63) is 53.6 Å². The first-order chi connectivity index (χ1) is 12.6. The Morgan fingerprint density at radius 3 is 2.69 bits per heavy atom. The van der Waals surface area contributed by atoms with Gasteiger partial charge in [-0.1, -0.05) is 26.0 Å². The predicted molar refractivity (Wildman–Crippen MR) is 99.3 cm³/mol. The standard InChI is InChI=1S/C21H22O5/c1-14(2)12-24-20-10-15(5-8-18(20)23-3)4-7-17(22)16-6-9-19-21(11-16)26-13-25-19/h4-11,14H,12-13H2,1-3H3/b7-4+. The van der Waals surface area contributed by atoms with E-state index in [2.05, 4.69) is 13.8 Å². The fourth-order valence-corrected chi connectivity index (χ4v) is 2.48. The molecule has 0 bridgehead atoms. The molecule has 0 aliphatic carbocycles. The van der Waals surface area contributed by atoms with Gasteiger partial charge in [0.1, 0.15) is 0 Å². The van der Waals surface area contributed by atoms with E-state index in [9.17, 15) is 4.79 Å². The number of methoxy groups -OCH3 is 1. The van der Waals surface area contributed by atoms with Crippen LogP contribution < -0.4 is 18.9 Å². The molecule has 2 aromatic rings. The largest absolute Gasteiger partial charge is 0.493 e. The molecular formula is C21H22O5. The zero-order valence-electron chi connectivity index (χ0n) is 15.2. The number of carbonyl (C=O) groups is 1. The first-order valence-corrected chi connectivity index (χ1v) is 8.49. The predicted octanol–water partition coefficient (Wildman–Crippen LogP) is 4.35. The van der Waals surface area contributed by atoms with Gasteiger partial charge in [-0.2, -0.15) is 0 Å². The molecule has 0 atom stereocenters. The van der Waals surface area contributed by atoms with Crippen LogP contribution in [0.2, 0.25) is 0 Å². The van der Waals surface area contributed by atoms with Gasteiger partial charge in [-0.3, -0.25) is 4.79 Å². The lowest BCUT2D eigenvalue weighted by Gasteiger charge is -2.13. The Bertz CT molecular complexity index is 823. The Balaban J connectivity index is 1.75. The topological polar surface area (TPSA) is 54.0 Å². The van der Waals surface area contributed by atoms with Crippen molar-refractivity contribution >= 4 is 11.9 Å². The Kier molecular flexibility index (Phi) is 5.46. The molecule has 26 heavy (non-hydrogen) atoms. The molecule has 0 amide bonds. The van der Waals surface area contributed by atoms with Gasteiger partial charge >= 0.3 is 0 Å². The van der Waals surface area contributed by atoms with Crippen molar-refractivity contribution in [3.8, 4) is 23.0 Å². The minimum absolute atomic E-state index is 0.108. The van der Waals surface area contributed by atoms with Gasteiger partial charge in [0.25, 0.3) is 0 Å². The fraction of sp³-hybridized carbons (Fsp3) is 0.286. The van der Waals surface area contributed by atoms with Gasteiger partial charge in [-0.05, 0) is 47.9 Å². The SMILES string of the molecule is COc1ccc(/C=C/C(=O)c2ccc3c(c2)OCO3)cc1OCC(C)C. The quantitative estimate of drug-likeness (QED) is 0.546. The van der Waals surface area contributed by atoms with E-state index in [-0.39, 0.29) is 12.6 Å². The Morgan fingerprint density at radius 1 is 1.12 bits per heavy atom. The Labute approximate surface area is 153 Å². The molecule has 0 spiro atoms. The Morgan fingerprint density at radius 2 is 1.92 bits per heavy atom. The van der Waals surface area contributed by atoms with E-state index in [4.69, 9.17) is 18.9 Å². The number of rotatable bonds is 7. The highest BCUT2D eigenvalue weighted by Crippen LogP contribution is 2.33. The molecule has 0 N–H and O–H groups in total. The number of benzene rings is 2. The van der Waals surface area contributed by atoms with Crippen molar-refractivity contribution in [2.24, 2.45) is 5.92 Å². The summed E-state index contributed by atoms with van der Waals surface area (Å²) < 4.78 is 21.7. The summed E-state index contributed by atoms with van der Waals surface area (Å²) in [5.41, 5.74) is 1.41. The number of hydrogen-bond acceptors (Lipinski definition) is 5. The summed E-state index contributed by atoms with van der Waals surface area (Å²) in [7, 11) is 1.61. The van der Waals surface area contributed by atoms with Gasteiger partial charge in [0.2, 0.25) is 6.79 Å². The lowest BCUT2D eigenvalue weighted by atomic mass is 10.1. The lowest BCUT2D eigenvalue weighted by molar-refractivity contribution is 0.104. The van der Waals surface area contributed by atoms with E-state index in [0.29, 0.717) is 41.1 Å². The van der Waals surface area contributed by atoms with Crippen LogP contribution in [0.4, 0.5) is 0 Å². The van der Waals surface area contributed by atoms with Crippen LogP contribution in [0.5, 0.6) is 23.0 Å². The fourth-order valence-electron chi connectivity index (χ4n) is 2.48. The van der Waals surface area contributed by atoms with E-state index in [1.807, 2.05) is 18.2 Å².